The Labute approximate surface area is 98.7 Å². The lowest BCUT2D eigenvalue weighted by Crippen LogP contribution is -2.30. The topological polar surface area (TPSA) is 69.1 Å². The van der Waals surface area contributed by atoms with Crippen LogP contribution in [0.1, 0.15) is 16.8 Å². The number of likely N-dealkylation sites (tertiary alicyclic amines) is 1. The minimum Gasteiger partial charge on any atom is -0.338 e. The van der Waals surface area contributed by atoms with E-state index < -0.39 is 0 Å². The third-order valence-electron chi connectivity index (χ3n) is 3.54. The molecule has 0 spiro atoms. The molecule has 5 heteroatoms. The molecule has 17 heavy (non-hydrogen) atoms. The summed E-state index contributed by atoms with van der Waals surface area (Å²) < 4.78 is 0. The van der Waals surface area contributed by atoms with Gasteiger partial charge in [-0.05, 0) is 35.9 Å². The van der Waals surface area contributed by atoms with Crippen LogP contribution in [0.15, 0.2) is 29.4 Å². The van der Waals surface area contributed by atoms with Crippen molar-refractivity contribution in [2.75, 3.05) is 13.1 Å². The molecule has 3 rings (SSSR count). The number of carbonyl (C=O) groups excluding carboxylic acids is 1. The van der Waals surface area contributed by atoms with Gasteiger partial charge in [-0.3, -0.25) is 4.79 Å². The van der Waals surface area contributed by atoms with Crippen LogP contribution in [0.3, 0.4) is 0 Å². The summed E-state index contributed by atoms with van der Waals surface area (Å²) in [5.41, 5.74) is 9.49. The number of fused-ring (bicyclic) bond motifs is 1. The predicted molar refractivity (Wildman–Crippen MR) is 62.7 cm³/mol. The van der Waals surface area contributed by atoms with E-state index in [0.717, 1.165) is 24.9 Å². The molecule has 1 aliphatic carbocycles. The molecule has 1 amide bonds. The van der Waals surface area contributed by atoms with E-state index in [9.17, 15) is 4.79 Å². The third kappa shape index (κ3) is 1.85. The molecule has 0 N–H and O–H groups in total. The van der Waals surface area contributed by atoms with Gasteiger partial charge in [0.05, 0.1) is 0 Å². The van der Waals surface area contributed by atoms with Gasteiger partial charge in [0.1, 0.15) is 0 Å². The molecule has 1 aromatic carbocycles. The second-order valence-electron chi connectivity index (χ2n) is 4.70. The highest BCUT2D eigenvalue weighted by molar-refractivity contribution is 5.94. The van der Waals surface area contributed by atoms with E-state index in [1.807, 2.05) is 4.90 Å². The number of hydrogen-bond donors (Lipinski definition) is 0. The fourth-order valence-electron chi connectivity index (χ4n) is 2.47. The van der Waals surface area contributed by atoms with Crippen molar-refractivity contribution in [3.63, 3.8) is 0 Å². The number of hydrogen-bond acceptors (Lipinski definition) is 2. The van der Waals surface area contributed by atoms with Gasteiger partial charge in [-0.2, -0.15) is 0 Å². The molecular formula is C12H12N4O. The first-order chi connectivity index (χ1) is 8.28. The molecule has 2 aliphatic rings. The first-order valence-corrected chi connectivity index (χ1v) is 5.72. The minimum absolute atomic E-state index is 0.0877. The van der Waals surface area contributed by atoms with Crippen LogP contribution >= 0.6 is 0 Å². The van der Waals surface area contributed by atoms with Crippen LogP contribution < -0.4 is 0 Å². The number of carbonyl (C=O) groups is 1. The van der Waals surface area contributed by atoms with Crippen molar-refractivity contribution in [2.24, 2.45) is 17.0 Å². The first-order valence-electron chi connectivity index (χ1n) is 5.72. The standard InChI is InChI=1S/C12H12N4O/c13-15-14-11-3-1-8(2-4-11)12(17)16-6-9-5-10(9)7-16/h1-4,9-10H,5-7H2. The normalized spacial score (nSPS) is 25.1. The Balaban J connectivity index is 1.74. The maximum Gasteiger partial charge on any atom is 0.253 e. The van der Waals surface area contributed by atoms with Crippen molar-refractivity contribution in [3.05, 3.63) is 40.3 Å². The maximum atomic E-state index is 12.1. The second kappa shape index (κ2) is 3.79. The zero-order chi connectivity index (χ0) is 11.8. The summed E-state index contributed by atoms with van der Waals surface area (Å²) >= 11 is 0. The van der Waals surface area contributed by atoms with Gasteiger partial charge in [-0.25, -0.2) is 0 Å². The Morgan fingerprint density at radius 3 is 2.53 bits per heavy atom. The zero-order valence-corrected chi connectivity index (χ0v) is 9.28. The molecule has 0 radical (unpaired) electrons. The van der Waals surface area contributed by atoms with Gasteiger partial charge < -0.3 is 4.90 Å². The summed E-state index contributed by atoms with van der Waals surface area (Å²) in [6, 6.07) is 6.78. The van der Waals surface area contributed by atoms with Crippen LogP contribution in [0.2, 0.25) is 0 Å². The molecule has 2 unspecified atom stereocenters. The largest absolute Gasteiger partial charge is 0.338 e. The second-order valence-corrected chi connectivity index (χ2v) is 4.70. The van der Waals surface area contributed by atoms with Crippen molar-refractivity contribution >= 4 is 11.6 Å². The molecule has 0 bridgehead atoms. The minimum atomic E-state index is 0.0877. The number of rotatable bonds is 2. The molecule has 2 atom stereocenters. The van der Waals surface area contributed by atoms with Crippen molar-refractivity contribution in [1.29, 1.82) is 0 Å². The van der Waals surface area contributed by atoms with Gasteiger partial charge in [-0.1, -0.05) is 17.2 Å². The van der Waals surface area contributed by atoms with Crippen LogP contribution in [0, 0.1) is 11.8 Å². The van der Waals surface area contributed by atoms with Gasteiger partial charge in [-0.15, -0.1) is 0 Å². The van der Waals surface area contributed by atoms with Gasteiger partial charge in [0, 0.05) is 29.3 Å². The highest BCUT2D eigenvalue weighted by Gasteiger charge is 2.46. The fraction of sp³-hybridized carbons (Fsp3) is 0.417. The lowest BCUT2D eigenvalue weighted by Gasteiger charge is -2.17. The van der Waals surface area contributed by atoms with Crippen LogP contribution in [0.4, 0.5) is 5.69 Å². The SMILES string of the molecule is [N-]=[N+]=Nc1ccc(C(=O)N2CC3CC3C2)cc1. The third-order valence-corrected chi connectivity index (χ3v) is 3.54. The number of nitrogens with zero attached hydrogens (tertiary/aromatic N) is 4. The highest BCUT2D eigenvalue weighted by atomic mass is 16.2. The van der Waals surface area contributed by atoms with E-state index in [2.05, 4.69) is 10.0 Å². The van der Waals surface area contributed by atoms with E-state index in [1.54, 1.807) is 24.3 Å². The predicted octanol–water partition coefficient (Wildman–Crippen LogP) is 2.72. The van der Waals surface area contributed by atoms with Gasteiger partial charge in [0.15, 0.2) is 0 Å². The number of piperidine rings is 1. The Kier molecular flexibility index (Phi) is 2.27. The van der Waals surface area contributed by atoms with Crippen molar-refractivity contribution in [3.8, 4) is 0 Å². The van der Waals surface area contributed by atoms with Crippen LogP contribution in [-0.4, -0.2) is 23.9 Å². The molecule has 5 nitrogen and oxygen atoms in total. The van der Waals surface area contributed by atoms with E-state index >= 15 is 0 Å². The lowest BCUT2D eigenvalue weighted by molar-refractivity contribution is 0.0775. The number of amides is 1. The molecule has 1 saturated carbocycles. The van der Waals surface area contributed by atoms with Crippen LogP contribution in [0.5, 0.6) is 0 Å². The highest BCUT2D eigenvalue weighted by Crippen LogP contribution is 2.45. The van der Waals surface area contributed by atoms with Crippen molar-refractivity contribution in [2.45, 2.75) is 6.42 Å². The Morgan fingerprint density at radius 1 is 1.29 bits per heavy atom. The summed E-state index contributed by atoms with van der Waals surface area (Å²) in [6.07, 6.45) is 1.29. The summed E-state index contributed by atoms with van der Waals surface area (Å²) in [7, 11) is 0. The summed E-state index contributed by atoms with van der Waals surface area (Å²) in [5, 5.41) is 3.48. The molecule has 0 aromatic heterocycles. The van der Waals surface area contributed by atoms with E-state index in [-0.39, 0.29) is 5.91 Å². The van der Waals surface area contributed by atoms with Gasteiger partial charge in [0.2, 0.25) is 0 Å². The summed E-state index contributed by atoms with van der Waals surface area (Å²) in [6.45, 7) is 1.81. The summed E-state index contributed by atoms with van der Waals surface area (Å²) in [5.74, 6) is 1.59. The number of benzene rings is 1. The first kappa shape index (κ1) is 10.2. The average molecular weight is 228 g/mol. The fourth-order valence-corrected chi connectivity index (χ4v) is 2.47. The van der Waals surface area contributed by atoms with Gasteiger partial charge >= 0.3 is 0 Å². The zero-order valence-electron chi connectivity index (χ0n) is 9.28. The van der Waals surface area contributed by atoms with E-state index in [0.29, 0.717) is 11.3 Å². The molecule has 2 fully saturated rings. The van der Waals surface area contributed by atoms with E-state index in [1.165, 1.54) is 6.42 Å². The Morgan fingerprint density at radius 2 is 1.94 bits per heavy atom. The monoisotopic (exact) mass is 228 g/mol. The van der Waals surface area contributed by atoms with Crippen molar-refractivity contribution in [1.82, 2.24) is 4.90 Å². The molecular weight excluding hydrogens is 216 g/mol. The molecule has 86 valence electrons. The molecule has 1 heterocycles. The average Bonchev–Trinajstić information content (AvgIpc) is 2.97. The molecule has 1 saturated heterocycles. The molecule has 1 aliphatic heterocycles. The smallest absolute Gasteiger partial charge is 0.253 e. The number of azide groups is 1. The quantitative estimate of drug-likeness (QED) is 0.436. The molecule has 1 aromatic rings. The Bertz CT molecular complexity index is 494. The van der Waals surface area contributed by atoms with Crippen LogP contribution in [-0.2, 0) is 0 Å². The maximum absolute atomic E-state index is 12.1. The van der Waals surface area contributed by atoms with E-state index in [4.69, 9.17) is 5.53 Å². The van der Waals surface area contributed by atoms with Crippen molar-refractivity contribution < 1.29 is 4.79 Å². The lowest BCUT2D eigenvalue weighted by atomic mass is 10.2. The summed E-state index contributed by atoms with van der Waals surface area (Å²) in [4.78, 5) is 16.7. The van der Waals surface area contributed by atoms with Gasteiger partial charge in [0.25, 0.3) is 5.91 Å². The Hall–Kier alpha value is -2.00. The van der Waals surface area contributed by atoms with Crippen LogP contribution in [0.25, 0.3) is 10.4 Å².